The first-order valence-corrected chi connectivity index (χ1v) is 11.5. The second kappa shape index (κ2) is 8.79. The first-order valence-electron chi connectivity index (χ1n) is 11.5. The highest BCUT2D eigenvalue weighted by molar-refractivity contribution is 5.85. The van der Waals surface area contributed by atoms with E-state index < -0.39 is 11.6 Å². The van der Waals surface area contributed by atoms with Gasteiger partial charge in [0.1, 0.15) is 23.5 Å². The third-order valence-electron chi connectivity index (χ3n) is 6.31. The Morgan fingerprint density at radius 3 is 2.67 bits per heavy atom. The van der Waals surface area contributed by atoms with Crippen LogP contribution in [-0.2, 0) is 6.54 Å². The number of halogens is 3. The Morgan fingerprint density at radius 1 is 1.03 bits per heavy atom. The van der Waals surface area contributed by atoms with E-state index in [1.165, 1.54) is 18.2 Å². The summed E-state index contributed by atoms with van der Waals surface area (Å²) in [5.41, 5.74) is 7.94. The molecule has 5 aromatic rings. The fourth-order valence-corrected chi connectivity index (χ4v) is 4.39. The quantitative estimate of drug-likeness (QED) is 0.343. The number of hydrogen-bond acceptors (Lipinski definition) is 7. The zero-order valence-corrected chi connectivity index (χ0v) is 19.0. The molecule has 0 aliphatic carbocycles. The molecule has 1 aliphatic rings. The molecule has 0 spiro atoms. The lowest BCUT2D eigenvalue weighted by atomic mass is 10.1. The monoisotopic (exact) mass is 493 g/mol. The predicted octanol–water partition coefficient (Wildman–Crippen LogP) is 3.65. The molecule has 1 fully saturated rings. The number of piperidine rings is 1. The average Bonchev–Trinajstić information content (AvgIpc) is 3.50. The number of nitrogens with zero attached hydrogens (tertiary/aromatic N) is 6. The van der Waals surface area contributed by atoms with Gasteiger partial charge in [-0.1, -0.05) is 6.07 Å². The molecule has 0 saturated carbocycles. The first kappa shape index (κ1) is 22.3. The van der Waals surface area contributed by atoms with Crippen LogP contribution in [0.4, 0.5) is 24.9 Å². The number of hydrogen-bond donors (Lipinski definition) is 3. The van der Waals surface area contributed by atoms with Gasteiger partial charge in [-0.15, -0.1) is 0 Å². The summed E-state index contributed by atoms with van der Waals surface area (Å²) in [7, 11) is 0. The summed E-state index contributed by atoms with van der Waals surface area (Å²) in [6.45, 7) is 1.56. The maximum absolute atomic E-state index is 14.1. The van der Waals surface area contributed by atoms with Crippen molar-refractivity contribution in [3.05, 3.63) is 66.0 Å². The fraction of sp³-hybridized carbons (Fsp3) is 0.250. The third kappa shape index (κ3) is 3.98. The van der Waals surface area contributed by atoms with Crippen LogP contribution in [0.15, 0.2) is 42.7 Å². The summed E-state index contributed by atoms with van der Waals surface area (Å²) in [5.74, 6) is -1.00. The molecule has 12 heteroatoms. The maximum Gasteiger partial charge on any atom is 0.229 e. The predicted molar refractivity (Wildman–Crippen MR) is 129 cm³/mol. The van der Waals surface area contributed by atoms with Crippen LogP contribution in [0.2, 0.25) is 0 Å². The van der Waals surface area contributed by atoms with Crippen LogP contribution in [0.1, 0.15) is 18.7 Å². The van der Waals surface area contributed by atoms with Gasteiger partial charge in [0.2, 0.25) is 5.95 Å². The molecule has 6 rings (SSSR count). The number of aromatic amines is 1. The van der Waals surface area contributed by atoms with Crippen molar-refractivity contribution in [2.24, 2.45) is 5.73 Å². The molecule has 4 heterocycles. The molecular weight excluding hydrogens is 471 g/mol. The summed E-state index contributed by atoms with van der Waals surface area (Å²) >= 11 is 0. The Hall–Kier alpha value is -4.19. The van der Waals surface area contributed by atoms with Crippen molar-refractivity contribution < 1.29 is 13.2 Å². The maximum atomic E-state index is 14.1. The standard InChI is InChI=1S/C24H22F3N9/c25-13-2-1-3-15(10-13)36-12-30-21-22(33-24(34-23(21)36)35-8-6-14(28)7-9-35)29-11-18-31-17-5-4-16(26)19(27)20(17)32-18/h1-5,10,12,14H,6-9,11,28H2,(H,31,32)(H,29,33,34). The largest absolute Gasteiger partial charge is 0.361 e. The molecule has 0 amide bonds. The number of anilines is 2. The minimum atomic E-state index is -1.00. The van der Waals surface area contributed by atoms with Crippen molar-refractivity contribution in [3.63, 3.8) is 0 Å². The van der Waals surface area contributed by atoms with E-state index in [2.05, 4.69) is 25.2 Å². The molecule has 1 aliphatic heterocycles. The summed E-state index contributed by atoms with van der Waals surface area (Å²) in [6.07, 6.45) is 3.19. The van der Waals surface area contributed by atoms with Crippen LogP contribution in [-0.4, -0.2) is 48.6 Å². The van der Waals surface area contributed by atoms with E-state index >= 15 is 0 Å². The number of nitrogens with two attached hydrogens (primary N) is 1. The molecule has 9 nitrogen and oxygen atoms in total. The Kier molecular flexibility index (Phi) is 5.44. The van der Waals surface area contributed by atoms with Gasteiger partial charge < -0.3 is 20.9 Å². The minimum Gasteiger partial charge on any atom is -0.361 e. The van der Waals surface area contributed by atoms with Crippen LogP contribution < -0.4 is 16.0 Å². The van der Waals surface area contributed by atoms with Crippen molar-refractivity contribution in [1.82, 2.24) is 29.5 Å². The van der Waals surface area contributed by atoms with Crippen LogP contribution in [0.3, 0.4) is 0 Å². The SMILES string of the molecule is NC1CCN(c2nc(NCc3nc4c(F)c(F)ccc4[nH]3)c3ncn(-c4cccc(F)c4)c3n2)CC1. The van der Waals surface area contributed by atoms with Crippen LogP contribution in [0.5, 0.6) is 0 Å². The molecule has 184 valence electrons. The van der Waals surface area contributed by atoms with Crippen molar-refractivity contribution in [2.45, 2.75) is 25.4 Å². The molecule has 0 atom stereocenters. The van der Waals surface area contributed by atoms with Gasteiger partial charge >= 0.3 is 0 Å². The molecule has 0 radical (unpaired) electrons. The summed E-state index contributed by atoms with van der Waals surface area (Å²) in [4.78, 5) is 23.2. The number of benzene rings is 2. The lowest BCUT2D eigenvalue weighted by Crippen LogP contribution is -2.40. The van der Waals surface area contributed by atoms with Gasteiger partial charge in [-0.05, 0) is 43.2 Å². The molecular formula is C24H22F3N9. The van der Waals surface area contributed by atoms with E-state index in [1.807, 2.05) is 0 Å². The Bertz CT molecular complexity index is 1570. The summed E-state index contributed by atoms with van der Waals surface area (Å²) < 4.78 is 43.3. The molecule has 1 saturated heterocycles. The number of aromatic nitrogens is 6. The highest BCUT2D eigenvalue weighted by atomic mass is 19.2. The second-order valence-corrected chi connectivity index (χ2v) is 8.76. The van der Waals surface area contributed by atoms with E-state index in [-0.39, 0.29) is 23.9 Å². The van der Waals surface area contributed by atoms with Crippen molar-refractivity contribution in [3.8, 4) is 5.69 Å². The van der Waals surface area contributed by atoms with Gasteiger partial charge in [0.05, 0.1) is 17.7 Å². The summed E-state index contributed by atoms with van der Waals surface area (Å²) in [6, 6.07) is 8.78. The van der Waals surface area contributed by atoms with Gasteiger partial charge in [-0.2, -0.15) is 9.97 Å². The fourth-order valence-electron chi connectivity index (χ4n) is 4.39. The lowest BCUT2D eigenvalue weighted by molar-refractivity contribution is 0.496. The van der Waals surface area contributed by atoms with Crippen LogP contribution in [0, 0.1) is 17.5 Å². The molecule has 36 heavy (non-hydrogen) atoms. The van der Waals surface area contributed by atoms with Crippen molar-refractivity contribution >= 4 is 34.0 Å². The van der Waals surface area contributed by atoms with Gasteiger partial charge in [-0.3, -0.25) is 4.57 Å². The van der Waals surface area contributed by atoms with E-state index in [4.69, 9.17) is 15.7 Å². The Balaban J connectivity index is 1.39. The van der Waals surface area contributed by atoms with E-state index in [0.29, 0.717) is 53.0 Å². The summed E-state index contributed by atoms with van der Waals surface area (Å²) in [5, 5.41) is 3.20. The van der Waals surface area contributed by atoms with Crippen LogP contribution in [0.25, 0.3) is 27.9 Å². The van der Waals surface area contributed by atoms with E-state index in [0.717, 1.165) is 18.9 Å². The number of nitrogens with one attached hydrogen (secondary N) is 2. The lowest BCUT2D eigenvalue weighted by Gasteiger charge is -2.30. The van der Waals surface area contributed by atoms with Crippen LogP contribution >= 0.6 is 0 Å². The Morgan fingerprint density at radius 2 is 1.86 bits per heavy atom. The topological polar surface area (TPSA) is 114 Å². The normalized spacial score (nSPS) is 14.7. The second-order valence-electron chi connectivity index (χ2n) is 8.76. The first-order chi connectivity index (χ1) is 17.5. The van der Waals surface area contributed by atoms with Gasteiger partial charge in [0, 0.05) is 19.1 Å². The smallest absolute Gasteiger partial charge is 0.229 e. The van der Waals surface area contributed by atoms with E-state index in [9.17, 15) is 13.2 Å². The van der Waals surface area contributed by atoms with Gasteiger partial charge in [-0.25, -0.2) is 23.1 Å². The average molecular weight is 493 g/mol. The molecule has 3 aromatic heterocycles. The number of rotatable bonds is 5. The van der Waals surface area contributed by atoms with Crippen molar-refractivity contribution in [2.75, 3.05) is 23.3 Å². The van der Waals surface area contributed by atoms with Crippen molar-refractivity contribution in [1.29, 1.82) is 0 Å². The zero-order chi connectivity index (χ0) is 24.8. The number of H-pyrrole nitrogens is 1. The highest BCUT2D eigenvalue weighted by Gasteiger charge is 2.22. The third-order valence-corrected chi connectivity index (χ3v) is 6.31. The van der Waals surface area contributed by atoms with E-state index in [1.54, 1.807) is 23.0 Å². The molecule has 0 unspecified atom stereocenters. The Labute approximate surface area is 203 Å². The molecule has 2 aromatic carbocycles. The molecule has 0 bridgehead atoms. The zero-order valence-electron chi connectivity index (χ0n) is 19.0. The minimum absolute atomic E-state index is 0.0691. The molecule has 4 N–H and O–H groups in total. The highest BCUT2D eigenvalue weighted by Crippen LogP contribution is 2.27. The number of fused-ring (bicyclic) bond motifs is 2. The van der Waals surface area contributed by atoms with Gasteiger partial charge in [0.15, 0.2) is 28.6 Å². The van der Waals surface area contributed by atoms with Gasteiger partial charge in [0.25, 0.3) is 0 Å². The number of imidazole rings is 2.